The van der Waals surface area contributed by atoms with E-state index in [1.54, 1.807) is 0 Å². The molecule has 2 rings (SSSR count). The van der Waals surface area contributed by atoms with E-state index < -0.39 is 18.1 Å². The molecule has 0 aromatic rings. The molecule has 0 unspecified atom stereocenters. The molecular formula is C11H15NO4. The minimum Gasteiger partial charge on any atom is -0.480 e. The number of fused-ring (bicyclic) bond motifs is 2. The third kappa shape index (κ3) is 1.66. The first kappa shape index (κ1) is 11.0. The molecule has 5 nitrogen and oxygen atoms in total. The second-order valence-corrected chi connectivity index (χ2v) is 4.28. The molecule has 1 aliphatic heterocycles. The predicted molar refractivity (Wildman–Crippen MR) is 55.9 cm³/mol. The van der Waals surface area contributed by atoms with Gasteiger partial charge in [0, 0.05) is 6.04 Å². The molecular weight excluding hydrogens is 210 g/mol. The van der Waals surface area contributed by atoms with Gasteiger partial charge in [-0.1, -0.05) is 12.7 Å². The van der Waals surface area contributed by atoms with Gasteiger partial charge in [0.15, 0.2) is 0 Å². The zero-order valence-corrected chi connectivity index (χ0v) is 8.96. The number of carboxylic acid groups (broad SMARTS) is 1. The van der Waals surface area contributed by atoms with Crippen molar-refractivity contribution >= 4 is 12.1 Å². The van der Waals surface area contributed by atoms with E-state index in [0.717, 1.165) is 19.3 Å². The van der Waals surface area contributed by atoms with Gasteiger partial charge in [-0.2, -0.15) is 0 Å². The number of hydrogen-bond acceptors (Lipinski definition) is 3. The second kappa shape index (κ2) is 4.15. The van der Waals surface area contributed by atoms with Gasteiger partial charge >= 0.3 is 12.1 Å². The molecule has 2 aliphatic rings. The zero-order valence-electron chi connectivity index (χ0n) is 8.96. The Morgan fingerprint density at radius 3 is 2.88 bits per heavy atom. The fraction of sp³-hybridized carbons (Fsp3) is 0.636. The highest BCUT2D eigenvalue weighted by atomic mass is 16.6. The van der Waals surface area contributed by atoms with Crippen molar-refractivity contribution in [3.8, 4) is 0 Å². The number of piperidine rings is 1. The minimum atomic E-state index is -0.928. The van der Waals surface area contributed by atoms with E-state index in [4.69, 9.17) is 9.84 Å². The molecule has 2 bridgehead atoms. The molecule has 1 N–H and O–H groups in total. The number of hydrogen-bond donors (Lipinski definition) is 1. The Hall–Kier alpha value is -1.52. The Kier molecular flexibility index (Phi) is 2.85. The maximum Gasteiger partial charge on any atom is 0.411 e. The molecule has 16 heavy (non-hydrogen) atoms. The summed E-state index contributed by atoms with van der Waals surface area (Å²) < 4.78 is 4.91. The van der Waals surface area contributed by atoms with Gasteiger partial charge in [0.05, 0.1) is 0 Å². The van der Waals surface area contributed by atoms with Crippen molar-refractivity contribution in [3.63, 3.8) is 0 Å². The van der Waals surface area contributed by atoms with Gasteiger partial charge in [-0.15, -0.1) is 0 Å². The zero-order chi connectivity index (χ0) is 11.7. The topological polar surface area (TPSA) is 66.8 Å². The van der Waals surface area contributed by atoms with Crippen molar-refractivity contribution in [2.75, 3.05) is 6.61 Å². The van der Waals surface area contributed by atoms with Gasteiger partial charge in [0.25, 0.3) is 0 Å². The van der Waals surface area contributed by atoms with Gasteiger partial charge in [-0.25, -0.2) is 9.59 Å². The number of rotatable bonds is 3. The number of carbonyl (C=O) groups excluding carboxylic acids is 1. The molecule has 1 aliphatic carbocycles. The van der Waals surface area contributed by atoms with Crippen LogP contribution in [0, 0.1) is 5.92 Å². The van der Waals surface area contributed by atoms with Crippen molar-refractivity contribution in [1.29, 1.82) is 0 Å². The van der Waals surface area contributed by atoms with Crippen LogP contribution in [0.4, 0.5) is 4.79 Å². The summed E-state index contributed by atoms with van der Waals surface area (Å²) in [5, 5.41) is 9.11. The van der Waals surface area contributed by atoms with Crippen molar-refractivity contribution < 1.29 is 19.4 Å². The Morgan fingerprint density at radius 1 is 1.50 bits per heavy atom. The summed E-state index contributed by atoms with van der Waals surface area (Å²) in [6.07, 6.45) is 3.52. The fourth-order valence-corrected chi connectivity index (χ4v) is 2.77. The summed E-state index contributed by atoms with van der Waals surface area (Å²) >= 11 is 0. The van der Waals surface area contributed by atoms with Gasteiger partial charge in [-0.3, -0.25) is 4.90 Å². The van der Waals surface area contributed by atoms with E-state index in [9.17, 15) is 9.59 Å². The molecule has 3 atom stereocenters. The third-order valence-corrected chi connectivity index (χ3v) is 3.37. The standard InChI is InChI=1S/C11H15NO4/c1-2-5-16-11(15)12-8-4-3-7(6-8)9(12)10(13)14/h2,7-9H,1,3-6H2,(H,13,14)/t7-,8+,9-/m0/s1. The number of carbonyl (C=O) groups is 2. The summed E-state index contributed by atoms with van der Waals surface area (Å²) in [6.45, 7) is 3.57. The average molecular weight is 225 g/mol. The first-order chi connectivity index (χ1) is 7.65. The normalized spacial score (nSPS) is 31.5. The molecule has 1 amide bonds. The number of likely N-dealkylation sites (tertiary alicyclic amines) is 1. The van der Waals surface area contributed by atoms with E-state index in [1.807, 2.05) is 0 Å². The highest BCUT2D eigenvalue weighted by Gasteiger charge is 2.52. The van der Waals surface area contributed by atoms with Crippen LogP contribution >= 0.6 is 0 Å². The number of nitrogens with zero attached hydrogens (tertiary/aromatic N) is 1. The predicted octanol–water partition coefficient (Wildman–Crippen LogP) is 1.25. The van der Waals surface area contributed by atoms with Crippen LogP contribution in [-0.4, -0.2) is 40.8 Å². The highest BCUT2D eigenvalue weighted by molar-refractivity contribution is 5.81. The Balaban J connectivity index is 2.09. The van der Waals surface area contributed by atoms with Gasteiger partial charge in [-0.05, 0) is 25.2 Å². The fourth-order valence-electron chi connectivity index (χ4n) is 2.77. The maximum atomic E-state index is 11.7. The lowest BCUT2D eigenvalue weighted by atomic mass is 9.99. The van der Waals surface area contributed by atoms with Crippen LogP contribution in [0.5, 0.6) is 0 Å². The van der Waals surface area contributed by atoms with Crippen molar-refractivity contribution in [3.05, 3.63) is 12.7 Å². The summed E-state index contributed by atoms with van der Waals surface area (Å²) in [4.78, 5) is 24.2. The van der Waals surface area contributed by atoms with Crippen molar-refractivity contribution in [2.24, 2.45) is 5.92 Å². The van der Waals surface area contributed by atoms with Crippen LogP contribution in [-0.2, 0) is 9.53 Å². The summed E-state index contributed by atoms with van der Waals surface area (Å²) in [7, 11) is 0. The van der Waals surface area contributed by atoms with E-state index in [-0.39, 0.29) is 18.6 Å². The summed E-state index contributed by atoms with van der Waals surface area (Å²) in [6, 6.07) is -0.653. The van der Waals surface area contributed by atoms with E-state index in [1.165, 1.54) is 11.0 Å². The third-order valence-electron chi connectivity index (χ3n) is 3.37. The molecule has 5 heteroatoms. The lowest BCUT2D eigenvalue weighted by Gasteiger charge is -2.31. The van der Waals surface area contributed by atoms with Crippen LogP contribution in [0.3, 0.4) is 0 Å². The Morgan fingerprint density at radius 2 is 2.25 bits per heavy atom. The van der Waals surface area contributed by atoms with Gasteiger partial charge in [0.2, 0.25) is 0 Å². The largest absolute Gasteiger partial charge is 0.480 e. The maximum absolute atomic E-state index is 11.7. The van der Waals surface area contributed by atoms with Gasteiger partial charge in [0.1, 0.15) is 12.6 Å². The van der Waals surface area contributed by atoms with Crippen LogP contribution in [0.2, 0.25) is 0 Å². The van der Waals surface area contributed by atoms with Crippen LogP contribution in [0.1, 0.15) is 19.3 Å². The smallest absolute Gasteiger partial charge is 0.411 e. The number of carboxylic acids is 1. The van der Waals surface area contributed by atoms with Crippen molar-refractivity contribution in [2.45, 2.75) is 31.3 Å². The highest BCUT2D eigenvalue weighted by Crippen LogP contribution is 2.42. The van der Waals surface area contributed by atoms with Crippen LogP contribution < -0.4 is 0 Å². The van der Waals surface area contributed by atoms with E-state index in [0.29, 0.717) is 0 Å². The summed E-state index contributed by atoms with van der Waals surface area (Å²) in [5.41, 5.74) is 0. The second-order valence-electron chi connectivity index (χ2n) is 4.28. The van der Waals surface area contributed by atoms with Crippen LogP contribution in [0.15, 0.2) is 12.7 Å². The summed E-state index contributed by atoms with van der Waals surface area (Å²) in [5.74, 6) is -0.832. The monoisotopic (exact) mass is 225 g/mol. The van der Waals surface area contributed by atoms with E-state index in [2.05, 4.69) is 6.58 Å². The Labute approximate surface area is 93.7 Å². The molecule has 1 heterocycles. The molecule has 1 saturated heterocycles. The molecule has 0 radical (unpaired) electrons. The molecule has 0 spiro atoms. The first-order valence-corrected chi connectivity index (χ1v) is 5.44. The average Bonchev–Trinajstić information content (AvgIpc) is 2.84. The number of amides is 1. The SMILES string of the molecule is C=CCOC(=O)N1[C@@H]2CC[C@@H](C2)[C@H]1C(=O)O. The van der Waals surface area contributed by atoms with Gasteiger partial charge < -0.3 is 9.84 Å². The molecule has 0 aromatic heterocycles. The van der Waals surface area contributed by atoms with Crippen molar-refractivity contribution in [1.82, 2.24) is 4.90 Å². The lowest BCUT2D eigenvalue weighted by Crippen LogP contribution is -2.49. The first-order valence-electron chi connectivity index (χ1n) is 5.44. The number of ether oxygens (including phenoxy) is 1. The molecule has 2 fully saturated rings. The molecule has 1 saturated carbocycles. The minimum absolute atomic E-state index is 0.0448. The quantitative estimate of drug-likeness (QED) is 0.734. The number of aliphatic carboxylic acids is 1. The van der Waals surface area contributed by atoms with E-state index >= 15 is 0 Å². The van der Waals surface area contributed by atoms with Crippen LogP contribution in [0.25, 0.3) is 0 Å². The lowest BCUT2D eigenvalue weighted by molar-refractivity contribution is -0.144. The molecule has 0 aromatic carbocycles. The molecule has 88 valence electrons. The Bertz CT molecular complexity index is 328.